The molecule has 3 unspecified atom stereocenters. The molecule has 1 fully saturated rings. The summed E-state index contributed by atoms with van der Waals surface area (Å²) >= 11 is 3.81. The Balaban J connectivity index is 2.01. The second-order valence-electron chi connectivity index (χ2n) is 4.26. The Hall–Kier alpha value is -0.390. The maximum absolute atomic E-state index is 10.3. The van der Waals surface area contributed by atoms with Gasteiger partial charge in [0.05, 0.1) is 6.10 Å². The third-order valence-electron chi connectivity index (χ3n) is 2.99. The Bertz CT molecular complexity index is 375. The van der Waals surface area contributed by atoms with E-state index in [1.165, 1.54) is 5.75 Å². The van der Waals surface area contributed by atoms with Crippen molar-refractivity contribution in [2.24, 2.45) is 0 Å². The van der Waals surface area contributed by atoms with E-state index in [0.717, 1.165) is 17.0 Å². The lowest BCUT2D eigenvalue weighted by Gasteiger charge is -2.31. The van der Waals surface area contributed by atoms with E-state index < -0.39 is 0 Å². The van der Waals surface area contributed by atoms with Crippen LogP contribution < -0.4 is 5.73 Å². The van der Waals surface area contributed by atoms with E-state index in [2.05, 4.69) is 11.9 Å². The summed E-state index contributed by atoms with van der Waals surface area (Å²) in [7, 11) is 0. The molecule has 1 aromatic heterocycles. The number of rotatable bonds is 3. The minimum absolute atomic E-state index is 0.299. The highest BCUT2D eigenvalue weighted by atomic mass is 32.2. The molecule has 1 aromatic rings. The first kappa shape index (κ1) is 13.1. The molecule has 0 saturated carbocycles. The van der Waals surface area contributed by atoms with Gasteiger partial charge in [-0.2, -0.15) is 23.5 Å². The van der Waals surface area contributed by atoms with Crippen molar-refractivity contribution in [1.82, 2.24) is 4.98 Å². The Labute approximate surface area is 111 Å². The van der Waals surface area contributed by atoms with Crippen LogP contribution in [0, 0.1) is 0 Å². The molecule has 2 rings (SSSR count). The predicted octanol–water partition coefficient (Wildman–Crippen LogP) is 1.80. The molecular weight excluding hydrogens is 252 g/mol. The van der Waals surface area contributed by atoms with Crippen LogP contribution >= 0.6 is 23.5 Å². The van der Waals surface area contributed by atoms with Gasteiger partial charge in [0.2, 0.25) is 0 Å². The fourth-order valence-electron chi connectivity index (χ4n) is 2.02. The van der Waals surface area contributed by atoms with Gasteiger partial charge in [-0.1, -0.05) is 6.92 Å². The van der Waals surface area contributed by atoms with Crippen molar-refractivity contribution in [3.05, 3.63) is 24.0 Å². The Morgan fingerprint density at radius 2 is 2.29 bits per heavy atom. The molecule has 3 N–H and O–H groups in total. The number of nitrogens with two attached hydrogens (primary N) is 1. The molecule has 2 heterocycles. The second-order valence-corrected chi connectivity index (χ2v) is 7.03. The van der Waals surface area contributed by atoms with Gasteiger partial charge in [-0.15, -0.1) is 0 Å². The second kappa shape index (κ2) is 5.98. The predicted molar refractivity (Wildman–Crippen MR) is 76.5 cm³/mol. The average Bonchev–Trinajstić information content (AvgIpc) is 2.32. The Kier molecular flexibility index (Phi) is 4.59. The fourth-order valence-corrected chi connectivity index (χ4v) is 4.87. The van der Waals surface area contributed by atoms with Crippen LogP contribution in [-0.4, -0.2) is 38.2 Å². The van der Waals surface area contributed by atoms with Crippen molar-refractivity contribution >= 4 is 29.2 Å². The van der Waals surface area contributed by atoms with Crippen LogP contribution in [0.1, 0.15) is 12.5 Å². The molecule has 5 heteroatoms. The molecule has 1 aliphatic rings. The molecule has 0 aliphatic carbocycles. The number of aliphatic hydroxyl groups excluding tert-OH is 1. The number of anilines is 1. The van der Waals surface area contributed by atoms with Gasteiger partial charge in [0.15, 0.2) is 0 Å². The number of nitrogens with zero attached hydrogens (tertiary/aromatic N) is 1. The lowest BCUT2D eigenvalue weighted by Crippen LogP contribution is -2.36. The first-order valence-electron chi connectivity index (χ1n) is 5.78. The van der Waals surface area contributed by atoms with Gasteiger partial charge in [-0.25, -0.2) is 0 Å². The molecule has 17 heavy (non-hydrogen) atoms. The van der Waals surface area contributed by atoms with Crippen LogP contribution in [0.5, 0.6) is 0 Å². The summed E-state index contributed by atoms with van der Waals surface area (Å²) in [6.45, 7) is 2.19. The molecule has 1 aliphatic heterocycles. The summed E-state index contributed by atoms with van der Waals surface area (Å²) in [5, 5.41) is 11.1. The molecule has 0 radical (unpaired) electrons. The summed E-state index contributed by atoms with van der Waals surface area (Å²) in [6, 6.07) is 1.79. The van der Waals surface area contributed by atoms with Gasteiger partial charge in [0, 0.05) is 46.5 Å². The summed E-state index contributed by atoms with van der Waals surface area (Å²) in [4.78, 5) is 4.06. The number of hydrogen-bond acceptors (Lipinski definition) is 5. The van der Waals surface area contributed by atoms with Gasteiger partial charge in [-0.3, -0.25) is 4.98 Å². The zero-order chi connectivity index (χ0) is 12.3. The molecule has 1 saturated heterocycles. The molecule has 0 spiro atoms. The zero-order valence-electron chi connectivity index (χ0n) is 9.87. The van der Waals surface area contributed by atoms with Crippen molar-refractivity contribution < 1.29 is 5.11 Å². The van der Waals surface area contributed by atoms with Crippen molar-refractivity contribution in [3.8, 4) is 0 Å². The molecule has 0 amide bonds. The molecule has 3 atom stereocenters. The van der Waals surface area contributed by atoms with Gasteiger partial charge in [0.1, 0.15) is 0 Å². The van der Waals surface area contributed by atoms with Gasteiger partial charge >= 0.3 is 0 Å². The summed E-state index contributed by atoms with van der Waals surface area (Å²) in [5.74, 6) is 2.31. The molecule has 94 valence electrons. The molecule has 0 bridgehead atoms. The van der Waals surface area contributed by atoms with Gasteiger partial charge in [0.25, 0.3) is 0 Å². The maximum atomic E-state index is 10.3. The quantitative estimate of drug-likeness (QED) is 0.877. The number of pyridine rings is 1. The first-order valence-corrected chi connectivity index (χ1v) is 7.88. The highest BCUT2D eigenvalue weighted by Crippen LogP contribution is 2.34. The molecule has 3 nitrogen and oxygen atoms in total. The van der Waals surface area contributed by atoms with Crippen LogP contribution in [0.4, 0.5) is 5.69 Å². The Morgan fingerprint density at radius 1 is 1.53 bits per heavy atom. The SMILES string of the molecule is CC1SCCSC1C(O)Cc1cnccc1N. The van der Waals surface area contributed by atoms with E-state index in [1.807, 2.05) is 23.5 Å². The Morgan fingerprint density at radius 3 is 3.00 bits per heavy atom. The van der Waals surface area contributed by atoms with Crippen molar-refractivity contribution in [1.29, 1.82) is 0 Å². The van der Waals surface area contributed by atoms with Crippen molar-refractivity contribution in [2.75, 3.05) is 17.2 Å². The standard InChI is InChI=1S/C12H18N2OS2/c1-8-12(17-5-4-16-8)11(15)6-9-7-14-3-2-10(9)13/h2-3,7-8,11-12,15H,4-6H2,1H3,(H2,13,14). The first-order chi connectivity index (χ1) is 8.18. The van der Waals surface area contributed by atoms with Crippen LogP contribution in [0.3, 0.4) is 0 Å². The van der Waals surface area contributed by atoms with Crippen molar-refractivity contribution in [3.63, 3.8) is 0 Å². The third-order valence-corrected chi connectivity index (χ3v) is 6.22. The number of thioether (sulfide) groups is 2. The monoisotopic (exact) mass is 270 g/mol. The van der Waals surface area contributed by atoms with E-state index >= 15 is 0 Å². The van der Waals surface area contributed by atoms with E-state index in [1.54, 1.807) is 18.5 Å². The van der Waals surface area contributed by atoms with Gasteiger partial charge in [-0.05, 0) is 11.6 Å². The maximum Gasteiger partial charge on any atom is 0.0711 e. The summed E-state index contributed by atoms with van der Waals surface area (Å²) in [6.07, 6.45) is 3.69. The lowest BCUT2D eigenvalue weighted by molar-refractivity contribution is 0.171. The van der Waals surface area contributed by atoms with Crippen LogP contribution in [0.2, 0.25) is 0 Å². The topological polar surface area (TPSA) is 59.1 Å². The minimum atomic E-state index is -0.339. The third kappa shape index (κ3) is 3.30. The highest BCUT2D eigenvalue weighted by molar-refractivity contribution is 8.07. The van der Waals surface area contributed by atoms with E-state index in [9.17, 15) is 5.11 Å². The number of hydrogen-bond donors (Lipinski definition) is 2. The number of aromatic nitrogens is 1. The van der Waals surface area contributed by atoms with E-state index in [0.29, 0.717) is 16.9 Å². The fraction of sp³-hybridized carbons (Fsp3) is 0.583. The van der Waals surface area contributed by atoms with Crippen LogP contribution in [0.15, 0.2) is 18.5 Å². The summed E-state index contributed by atoms with van der Waals surface area (Å²) in [5.41, 5.74) is 7.54. The number of nitrogen functional groups attached to an aromatic ring is 1. The number of aliphatic hydroxyl groups is 1. The van der Waals surface area contributed by atoms with Gasteiger partial charge < -0.3 is 10.8 Å². The normalized spacial score (nSPS) is 26.7. The average molecular weight is 270 g/mol. The zero-order valence-corrected chi connectivity index (χ0v) is 11.5. The smallest absolute Gasteiger partial charge is 0.0711 e. The summed E-state index contributed by atoms with van der Waals surface area (Å²) < 4.78 is 0. The largest absolute Gasteiger partial charge is 0.398 e. The van der Waals surface area contributed by atoms with Crippen LogP contribution in [0.25, 0.3) is 0 Å². The lowest BCUT2D eigenvalue weighted by atomic mass is 10.0. The molecule has 0 aromatic carbocycles. The van der Waals surface area contributed by atoms with E-state index in [-0.39, 0.29) is 6.10 Å². The molecular formula is C12H18N2OS2. The highest BCUT2D eigenvalue weighted by Gasteiger charge is 2.29. The van der Waals surface area contributed by atoms with Crippen LogP contribution in [-0.2, 0) is 6.42 Å². The minimum Gasteiger partial charge on any atom is -0.398 e. The van der Waals surface area contributed by atoms with Crippen molar-refractivity contribution in [2.45, 2.75) is 29.9 Å². The van der Waals surface area contributed by atoms with E-state index in [4.69, 9.17) is 5.73 Å².